The Morgan fingerprint density at radius 2 is 1.08 bits per heavy atom. The predicted molar refractivity (Wildman–Crippen MR) is 187 cm³/mol. The minimum Gasteiger partial charge on any atom is -0.465 e. The van der Waals surface area contributed by atoms with Crippen LogP contribution in [0, 0.1) is 0 Å². The fourth-order valence-corrected chi connectivity index (χ4v) is 8.84. The molecule has 0 bridgehead atoms. The minimum absolute atomic E-state index is 0.253. The molecule has 4 aliphatic rings. The quantitative estimate of drug-likeness (QED) is 0.265. The maximum atomic E-state index is 13.7. The van der Waals surface area contributed by atoms with Crippen LogP contribution >= 0.6 is 0 Å². The van der Waals surface area contributed by atoms with Gasteiger partial charge in [-0.3, -0.25) is 29.0 Å². The van der Waals surface area contributed by atoms with Gasteiger partial charge in [0, 0.05) is 37.3 Å². The first-order valence-corrected chi connectivity index (χ1v) is 17.8. The molecule has 0 aliphatic carbocycles. The molecule has 3 aromatic rings. The molecule has 4 aliphatic heterocycles. The molecular weight excluding hydrogens is 686 g/mol. The van der Waals surface area contributed by atoms with Gasteiger partial charge in [-0.25, -0.2) is 14.6 Å². The van der Waals surface area contributed by atoms with Gasteiger partial charge in [0.1, 0.15) is 23.2 Å². The zero-order valence-corrected chi connectivity index (χ0v) is 29.0. The van der Waals surface area contributed by atoms with Crippen LogP contribution in [0.2, 0.25) is 0 Å². The van der Waals surface area contributed by atoms with Crippen LogP contribution in [0.3, 0.4) is 0 Å². The first-order valence-electron chi connectivity index (χ1n) is 17.8. The summed E-state index contributed by atoms with van der Waals surface area (Å²) in [6.07, 6.45) is 2.73. The second-order valence-corrected chi connectivity index (χ2v) is 14.1. The first kappa shape index (κ1) is 35.5. The summed E-state index contributed by atoms with van der Waals surface area (Å²) in [7, 11) is 0. The summed E-state index contributed by atoms with van der Waals surface area (Å²) in [5.41, 5.74) is 11.4. The van der Waals surface area contributed by atoms with Gasteiger partial charge < -0.3 is 35.9 Å². The normalized spacial score (nSPS) is 25.6. The summed E-state index contributed by atoms with van der Waals surface area (Å²) >= 11 is 0. The van der Waals surface area contributed by atoms with Gasteiger partial charge >= 0.3 is 12.2 Å². The van der Waals surface area contributed by atoms with Gasteiger partial charge in [-0.15, -0.1) is 0 Å². The van der Waals surface area contributed by atoms with Crippen molar-refractivity contribution in [3.8, 4) is 22.8 Å². The van der Waals surface area contributed by atoms with Crippen LogP contribution in [-0.4, -0.2) is 109 Å². The number of amides is 6. The van der Waals surface area contributed by atoms with Gasteiger partial charge in [0.15, 0.2) is 5.76 Å². The molecule has 0 radical (unpaired) electrons. The van der Waals surface area contributed by atoms with E-state index in [0.29, 0.717) is 79.4 Å². The minimum atomic E-state index is -1.43. The Bertz CT molecular complexity index is 1830. The number of nitrogens with two attached hydrogens (primary N) is 2. The molecule has 0 spiro atoms. The van der Waals surface area contributed by atoms with E-state index in [0.717, 1.165) is 9.80 Å². The number of nitrogens with zero attached hydrogens (tertiary/aromatic N) is 5. The smallest absolute Gasteiger partial charge is 0.407 e. The highest BCUT2D eigenvalue weighted by Gasteiger charge is 2.54. The van der Waals surface area contributed by atoms with Gasteiger partial charge in [-0.1, -0.05) is 36.4 Å². The fraction of sp³-hybridized carbons (Fsp3) is 0.432. The number of aromatic nitrogens is 1. The van der Waals surface area contributed by atoms with Crippen molar-refractivity contribution in [3.05, 3.63) is 65.9 Å². The zero-order valence-electron chi connectivity index (χ0n) is 29.0. The monoisotopic (exact) mass is 727 g/mol. The average molecular weight is 728 g/mol. The summed E-state index contributed by atoms with van der Waals surface area (Å²) in [6, 6.07) is 12.0. The van der Waals surface area contributed by atoms with Crippen molar-refractivity contribution < 1.29 is 43.4 Å². The Labute approximate surface area is 304 Å². The fourth-order valence-electron chi connectivity index (χ4n) is 8.84. The van der Waals surface area contributed by atoms with E-state index < -0.39 is 59.0 Å². The lowest BCUT2D eigenvalue weighted by molar-refractivity contribution is -0.147. The topological polar surface area (TPSA) is 234 Å². The van der Waals surface area contributed by atoms with Gasteiger partial charge in [-0.2, -0.15) is 0 Å². The van der Waals surface area contributed by atoms with E-state index in [1.165, 1.54) is 9.80 Å². The van der Waals surface area contributed by atoms with Crippen molar-refractivity contribution in [2.75, 3.05) is 26.2 Å². The molecule has 278 valence electrons. The number of carbonyl (C=O) groups excluding carboxylic acids is 4. The number of hydrogen-bond acceptors (Lipinski definition) is 8. The van der Waals surface area contributed by atoms with E-state index in [2.05, 4.69) is 4.98 Å². The Morgan fingerprint density at radius 3 is 1.49 bits per heavy atom. The highest BCUT2D eigenvalue weighted by molar-refractivity contribution is 5.96. The standard InChI is InChI=1S/C37H41N7O9/c38-32(47)36(15-3-19-43(36)30(45)26-5-1-17-41(26)34(49)50)24-11-7-22(8-12-24)28-21-40-29(53-28)23-9-13-25(14-10-23)37(33(39)48)16-4-20-44(37)31(46)27-6-2-18-42(27)35(51)52/h7-14,21,26-27H,1-6,15-20H2,(H2,38,47)(H2,39,48)(H,49,50)(H,51,52)/t26-,27-,36+,37+/m1/s1. The lowest BCUT2D eigenvalue weighted by atomic mass is 9.85. The molecule has 6 amide bonds. The molecule has 53 heavy (non-hydrogen) atoms. The average Bonchev–Trinajstić information content (AvgIpc) is 3.99. The molecule has 16 nitrogen and oxygen atoms in total. The van der Waals surface area contributed by atoms with E-state index in [1.54, 1.807) is 54.7 Å². The molecule has 4 fully saturated rings. The molecule has 16 heteroatoms. The molecular formula is C37H41N7O9. The molecule has 2 aromatic carbocycles. The maximum Gasteiger partial charge on any atom is 0.407 e. The first-order chi connectivity index (χ1) is 25.4. The highest BCUT2D eigenvalue weighted by atomic mass is 16.4. The summed E-state index contributed by atoms with van der Waals surface area (Å²) in [6.45, 7) is 1.05. The molecule has 5 heterocycles. The maximum absolute atomic E-state index is 13.7. The third-order valence-corrected chi connectivity index (χ3v) is 11.4. The van der Waals surface area contributed by atoms with Crippen molar-refractivity contribution >= 4 is 35.8 Å². The van der Waals surface area contributed by atoms with E-state index in [9.17, 15) is 39.0 Å². The molecule has 4 atom stereocenters. The van der Waals surface area contributed by atoms with Crippen LogP contribution in [-0.2, 0) is 30.3 Å². The summed E-state index contributed by atoms with van der Waals surface area (Å²) in [4.78, 5) is 86.7. The summed E-state index contributed by atoms with van der Waals surface area (Å²) in [5, 5.41) is 19.2. The van der Waals surface area contributed by atoms with Crippen molar-refractivity contribution in [3.63, 3.8) is 0 Å². The number of rotatable bonds is 8. The Hall–Kier alpha value is -5.93. The largest absolute Gasteiger partial charge is 0.465 e. The Kier molecular flexibility index (Phi) is 9.08. The van der Waals surface area contributed by atoms with Crippen LogP contribution in [0.25, 0.3) is 22.8 Å². The van der Waals surface area contributed by atoms with Crippen molar-refractivity contribution in [2.24, 2.45) is 11.5 Å². The number of hydrogen-bond donors (Lipinski definition) is 4. The number of carboxylic acid groups (broad SMARTS) is 2. The van der Waals surface area contributed by atoms with Crippen LogP contribution in [0.4, 0.5) is 9.59 Å². The molecule has 4 saturated heterocycles. The SMILES string of the molecule is NC(=O)[C@@]1(c2ccc(-c3cnc(-c4ccc([C@]5(C(N)=O)CCCN5C(=O)[C@H]5CCCN5C(=O)O)cc4)o3)cc2)CCCN1C(=O)[C@H]1CCCN1C(=O)O. The number of benzene rings is 2. The van der Waals surface area contributed by atoms with Crippen molar-refractivity contribution in [1.82, 2.24) is 24.6 Å². The van der Waals surface area contributed by atoms with E-state index in [1.807, 2.05) is 0 Å². The van der Waals surface area contributed by atoms with Gasteiger partial charge in [0.05, 0.1) is 6.20 Å². The lowest BCUT2D eigenvalue weighted by Crippen LogP contribution is -2.58. The summed E-state index contributed by atoms with van der Waals surface area (Å²) in [5.74, 6) is -1.53. The highest BCUT2D eigenvalue weighted by Crippen LogP contribution is 2.43. The van der Waals surface area contributed by atoms with Crippen LogP contribution in [0.5, 0.6) is 0 Å². The molecule has 7 rings (SSSR count). The van der Waals surface area contributed by atoms with Gasteiger partial charge in [0.2, 0.25) is 29.5 Å². The van der Waals surface area contributed by atoms with Crippen LogP contribution < -0.4 is 11.5 Å². The van der Waals surface area contributed by atoms with Crippen molar-refractivity contribution in [1.29, 1.82) is 0 Å². The van der Waals surface area contributed by atoms with Gasteiger partial charge in [-0.05, 0) is 74.6 Å². The number of oxazole rings is 1. The third-order valence-electron chi connectivity index (χ3n) is 11.4. The number of likely N-dealkylation sites (tertiary alicyclic amines) is 4. The second kappa shape index (κ2) is 13.6. The van der Waals surface area contributed by atoms with Crippen molar-refractivity contribution in [2.45, 2.75) is 74.5 Å². The van der Waals surface area contributed by atoms with Crippen LogP contribution in [0.1, 0.15) is 62.5 Å². The molecule has 1 aromatic heterocycles. The number of primary amides is 2. The third kappa shape index (κ3) is 5.72. The van der Waals surface area contributed by atoms with E-state index in [4.69, 9.17) is 15.9 Å². The summed E-state index contributed by atoms with van der Waals surface area (Å²) < 4.78 is 6.11. The van der Waals surface area contributed by atoms with E-state index in [-0.39, 0.29) is 32.1 Å². The second-order valence-electron chi connectivity index (χ2n) is 14.1. The molecule has 6 N–H and O–H groups in total. The zero-order chi connectivity index (χ0) is 37.7. The lowest BCUT2D eigenvalue weighted by Gasteiger charge is -2.38. The van der Waals surface area contributed by atoms with E-state index >= 15 is 0 Å². The predicted octanol–water partition coefficient (Wildman–Crippen LogP) is 2.90. The molecule has 0 unspecified atom stereocenters. The molecule has 0 saturated carbocycles. The number of carbonyl (C=O) groups is 6. The van der Waals surface area contributed by atoms with Gasteiger partial charge in [0.25, 0.3) is 0 Å². The Morgan fingerprint density at radius 1 is 0.642 bits per heavy atom. The Balaban J connectivity index is 1.11. The van der Waals surface area contributed by atoms with Crippen LogP contribution in [0.15, 0.2) is 59.1 Å².